The second-order valence-electron chi connectivity index (χ2n) is 5.79. The minimum Gasteiger partial charge on any atom is -0.481 e. The largest absolute Gasteiger partial charge is 0.481 e. The number of carbonyl (C=O) groups is 1. The average molecular weight is 260 g/mol. The number of carboxylic acids is 1. The van der Waals surface area contributed by atoms with E-state index in [9.17, 15) is 9.90 Å². The maximum Gasteiger partial charge on any atom is 0.314 e. The van der Waals surface area contributed by atoms with Crippen molar-refractivity contribution in [3.8, 4) is 0 Å². The molecule has 1 fully saturated rings. The zero-order valence-corrected chi connectivity index (χ0v) is 11.5. The molecule has 0 aromatic heterocycles. The lowest BCUT2D eigenvalue weighted by atomic mass is 9.64. The van der Waals surface area contributed by atoms with Crippen LogP contribution in [0.1, 0.15) is 24.8 Å². The molecular formula is C15H20N2O2. The summed E-state index contributed by atoms with van der Waals surface area (Å²) < 4.78 is 0. The third kappa shape index (κ3) is 1.70. The summed E-state index contributed by atoms with van der Waals surface area (Å²) >= 11 is 0. The number of nitrogens with zero attached hydrogens (tertiary/aromatic N) is 2. The van der Waals surface area contributed by atoms with Crippen LogP contribution >= 0.6 is 0 Å². The van der Waals surface area contributed by atoms with Gasteiger partial charge in [0.05, 0.1) is 16.8 Å². The Morgan fingerprint density at radius 2 is 1.79 bits per heavy atom. The summed E-state index contributed by atoms with van der Waals surface area (Å²) in [7, 11) is 4.16. The van der Waals surface area contributed by atoms with Crippen LogP contribution in [-0.2, 0) is 10.2 Å². The van der Waals surface area contributed by atoms with Gasteiger partial charge in [-0.25, -0.2) is 0 Å². The second kappa shape index (κ2) is 4.15. The first kappa shape index (κ1) is 12.3. The predicted octanol–water partition coefficient (Wildman–Crippen LogP) is 2.08. The van der Waals surface area contributed by atoms with Crippen LogP contribution in [-0.4, -0.2) is 38.3 Å². The third-order valence-corrected chi connectivity index (χ3v) is 4.74. The standard InChI is InChI=1S/C15H20N2O2/c1-16-8-9-17(2)13-10-11(4-5-12(13)16)15(14(18)19)6-3-7-15/h4-5,10H,3,6-9H2,1-2H3,(H,18,19). The van der Waals surface area contributed by atoms with Crippen LogP contribution < -0.4 is 9.80 Å². The van der Waals surface area contributed by atoms with E-state index < -0.39 is 11.4 Å². The van der Waals surface area contributed by atoms with Gasteiger partial charge in [-0.15, -0.1) is 0 Å². The fourth-order valence-electron chi connectivity index (χ4n) is 3.15. The van der Waals surface area contributed by atoms with Crippen molar-refractivity contribution in [1.29, 1.82) is 0 Å². The maximum absolute atomic E-state index is 11.6. The molecule has 1 aromatic rings. The fraction of sp³-hybridized carbons (Fsp3) is 0.533. The molecule has 1 aliphatic carbocycles. The number of aliphatic carboxylic acids is 1. The number of anilines is 2. The predicted molar refractivity (Wildman–Crippen MR) is 76.1 cm³/mol. The average Bonchev–Trinajstić information content (AvgIpc) is 2.32. The molecular weight excluding hydrogens is 240 g/mol. The van der Waals surface area contributed by atoms with Gasteiger partial charge in [0, 0.05) is 27.2 Å². The first-order valence-electron chi connectivity index (χ1n) is 6.85. The molecule has 0 saturated heterocycles. The molecule has 0 amide bonds. The number of hydrogen-bond acceptors (Lipinski definition) is 3. The van der Waals surface area contributed by atoms with Gasteiger partial charge in [-0.3, -0.25) is 4.79 Å². The normalized spacial score (nSPS) is 20.7. The molecule has 4 heteroatoms. The monoisotopic (exact) mass is 260 g/mol. The Hall–Kier alpha value is -1.71. The molecule has 1 saturated carbocycles. The van der Waals surface area contributed by atoms with Gasteiger partial charge in [-0.05, 0) is 30.5 Å². The quantitative estimate of drug-likeness (QED) is 0.884. The molecule has 4 nitrogen and oxygen atoms in total. The van der Waals surface area contributed by atoms with E-state index in [4.69, 9.17) is 0 Å². The molecule has 0 radical (unpaired) electrons. The molecule has 2 aliphatic rings. The van der Waals surface area contributed by atoms with Gasteiger partial charge in [0.25, 0.3) is 0 Å². The molecule has 19 heavy (non-hydrogen) atoms. The summed E-state index contributed by atoms with van der Waals surface area (Å²) in [5, 5.41) is 9.54. The van der Waals surface area contributed by atoms with Crippen molar-refractivity contribution in [3.63, 3.8) is 0 Å². The van der Waals surface area contributed by atoms with E-state index in [2.05, 4.69) is 36.0 Å². The summed E-state index contributed by atoms with van der Waals surface area (Å²) in [4.78, 5) is 16.0. The summed E-state index contributed by atoms with van der Waals surface area (Å²) in [6, 6.07) is 6.16. The van der Waals surface area contributed by atoms with Gasteiger partial charge in [0.15, 0.2) is 0 Å². The lowest BCUT2D eigenvalue weighted by Crippen LogP contribution is -2.43. The number of hydrogen-bond donors (Lipinski definition) is 1. The first-order chi connectivity index (χ1) is 9.04. The van der Waals surface area contributed by atoms with Crippen molar-refractivity contribution in [3.05, 3.63) is 23.8 Å². The van der Waals surface area contributed by atoms with Crippen LogP contribution in [0.3, 0.4) is 0 Å². The van der Waals surface area contributed by atoms with E-state index in [1.54, 1.807) is 0 Å². The Labute approximate surface area is 113 Å². The Morgan fingerprint density at radius 3 is 2.32 bits per heavy atom. The number of likely N-dealkylation sites (N-methyl/N-ethyl adjacent to an activating group) is 2. The van der Waals surface area contributed by atoms with Crippen molar-refractivity contribution in [2.45, 2.75) is 24.7 Å². The summed E-state index contributed by atoms with van der Waals surface area (Å²) in [5.74, 6) is -0.675. The number of fused-ring (bicyclic) bond motifs is 1. The van der Waals surface area contributed by atoms with Crippen molar-refractivity contribution in [2.75, 3.05) is 37.0 Å². The molecule has 1 aliphatic heterocycles. The smallest absolute Gasteiger partial charge is 0.314 e. The zero-order chi connectivity index (χ0) is 13.6. The van der Waals surface area contributed by atoms with Crippen molar-refractivity contribution >= 4 is 17.3 Å². The topological polar surface area (TPSA) is 43.8 Å². The van der Waals surface area contributed by atoms with Crippen LogP contribution in [0.4, 0.5) is 11.4 Å². The van der Waals surface area contributed by atoms with E-state index in [0.717, 1.165) is 43.6 Å². The van der Waals surface area contributed by atoms with Crippen molar-refractivity contribution < 1.29 is 9.90 Å². The Kier molecular flexibility index (Phi) is 2.69. The Morgan fingerprint density at radius 1 is 1.16 bits per heavy atom. The molecule has 1 N–H and O–H groups in total. The zero-order valence-electron chi connectivity index (χ0n) is 11.5. The molecule has 0 bridgehead atoms. The number of rotatable bonds is 2. The molecule has 102 valence electrons. The van der Waals surface area contributed by atoms with E-state index in [0.29, 0.717) is 0 Å². The highest BCUT2D eigenvalue weighted by atomic mass is 16.4. The SMILES string of the molecule is CN1CCN(C)c2cc(C3(C(=O)O)CCC3)ccc21. The molecule has 0 atom stereocenters. The van der Waals surface area contributed by atoms with E-state index in [1.165, 1.54) is 5.69 Å². The highest BCUT2D eigenvalue weighted by molar-refractivity contribution is 5.84. The van der Waals surface area contributed by atoms with Crippen molar-refractivity contribution in [1.82, 2.24) is 0 Å². The second-order valence-corrected chi connectivity index (χ2v) is 5.79. The molecule has 3 rings (SSSR count). The minimum atomic E-state index is -0.675. The molecule has 0 spiro atoms. The first-order valence-corrected chi connectivity index (χ1v) is 6.85. The van der Waals surface area contributed by atoms with Gasteiger partial charge in [0.2, 0.25) is 0 Å². The van der Waals surface area contributed by atoms with Gasteiger partial charge in [0.1, 0.15) is 0 Å². The van der Waals surface area contributed by atoms with Gasteiger partial charge < -0.3 is 14.9 Å². The minimum absolute atomic E-state index is 0.633. The third-order valence-electron chi connectivity index (χ3n) is 4.74. The Bertz CT molecular complexity index is 523. The highest BCUT2D eigenvalue weighted by Crippen LogP contribution is 2.46. The van der Waals surface area contributed by atoms with Crippen LogP contribution in [0, 0.1) is 0 Å². The fourth-order valence-corrected chi connectivity index (χ4v) is 3.15. The van der Waals surface area contributed by atoms with Crippen LogP contribution in [0.25, 0.3) is 0 Å². The number of benzene rings is 1. The van der Waals surface area contributed by atoms with Gasteiger partial charge >= 0.3 is 5.97 Å². The van der Waals surface area contributed by atoms with Gasteiger partial charge in [-0.2, -0.15) is 0 Å². The van der Waals surface area contributed by atoms with E-state index >= 15 is 0 Å². The van der Waals surface area contributed by atoms with Crippen molar-refractivity contribution in [2.24, 2.45) is 0 Å². The lowest BCUT2D eigenvalue weighted by Gasteiger charge is -2.40. The summed E-state index contributed by atoms with van der Waals surface area (Å²) in [5.41, 5.74) is 2.68. The van der Waals surface area contributed by atoms with Gasteiger partial charge in [-0.1, -0.05) is 12.5 Å². The maximum atomic E-state index is 11.6. The Balaban J connectivity index is 2.06. The van der Waals surface area contributed by atoms with E-state index in [1.807, 2.05) is 6.07 Å². The summed E-state index contributed by atoms with van der Waals surface area (Å²) in [6.07, 6.45) is 2.54. The molecule has 0 unspecified atom stereocenters. The van der Waals surface area contributed by atoms with Crippen LogP contribution in [0.2, 0.25) is 0 Å². The summed E-state index contributed by atoms with van der Waals surface area (Å²) in [6.45, 7) is 1.99. The lowest BCUT2D eigenvalue weighted by molar-refractivity contribution is -0.147. The van der Waals surface area contributed by atoms with Crippen LogP contribution in [0.15, 0.2) is 18.2 Å². The van der Waals surface area contributed by atoms with E-state index in [-0.39, 0.29) is 0 Å². The highest BCUT2D eigenvalue weighted by Gasteiger charge is 2.46. The number of carboxylic acid groups (broad SMARTS) is 1. The van der Waals surface area contributed by atoms with Crippen LogP contribution in [0.5, 0.6) is 0 Å². The molecule has 1 aromatic carbocycles. The molecule has 1 heterocycles.